The second kappa shape index (κ2) is 12.3. The molecule has 0 spiro atoms. The number of carbonyl (C=O) groups excluding carboxylic acids is 2. The molecule has 0 bridgehead atoms. The van der Waals surface area contributed by atoms with Gasteiger partial charge in [0.05, 0.1) is 13.2 Å². The predicted molar refractivity (Wildman–Crippen MR) is 88.9 cm³/mol. The Labute approximate surface area is 142 Å². The van der Waals surface area contributed by atoms with E-state index in [0.717, 1.165) is 5.56 Å². The first kappa shape index (κ1) is 20.8. The van der Waals surface area contributed by atoms with Crippen LogP contribution in [0.4, 0.5) is 4.79 Å². The molecule has 0 aliphatic heterocycles. The van der Waals surface area contributed by atoms with Gasteiger partial charge in [-0.1, -0.05) is 42.2 Å². The van der Waals surface area contributed by atoms with Crippen molar-refractivity contribution in [2.24, 2.45) is 5.73 Å². The smallest absolute Gasteiger partial charge is 0.408 e. The summed E-state index contributed by atoms with van der Waals surface area (Å²) in [6.45, 7) is 2.33. The summed E-state index contributed by atoms with van der Waals surface area (Å²) in [4.78, 5) is 22.6. The molecule has 126 valence electrons. The van der Waals surface area contributed by atoms with E-state index in [0.29, 0.717) is 0 Å². The number of halogens is 1. The van der Waals surface area contributed by atoms with E-state index in [2.05, 4.69) is 17.2 Å². The minimum Gasteiger partial charge on any atom is -0.465 e. The number of amides is 1. The molecule has 1 atom stereocenters. The molecule has 23 heavy (non-hydrogen) atoms. The molecule has 0 radical (unpaired) electrons. The maximum Gasteiger partial charge on any atom is 0.408 e. The third kappa shape index (κ3) is 9.40. The van der Waals surface area contributed by atoms with Crippen molar-refractivity contribution >= 4 is 24.5 Å². The number of esters is 1. The molecule has 7 heteroatoms. The highest BCUT2D eigenvalue weighted by Gasteiger charge is 2.12. The molecule has 0 unspecified atom stereocenters. The lowest BCUT2D eigenvalue weighted by Gasteiger charge is -2.06. The van der Waals surface area contributed by atoms with Crippen LogP contribution in [0.25, 0.3) is 0 Å². The fourth-order valence-electron chi connectivity index (χ4n) is 1.47. The lowest BCUT2D eigenvalue weighted by Crippen LogP contribution is -2.31. The average Bonchev–Trinajstić information content (AvgIpc) is 2.53. The molecule has 1 aromatic carbocycles. The zero-order chi connectivity index (χ0) is 16.2. The van der Waals surface area contributed by atoms with Crippen molar-refractivity contribution in [1.82, 2.24) is 5.32 Å². The Kier molecular flexibility index (Phi) is 11.1. The summed E-state index contributed by atoms with van der Waals surface area (Å²) in [5.41, 5.74) is 6.47. The number of nitrogens with two attached hydrogens (primary N) is 1. The van der Waals surface area contributed by atoms with E-state index >= 15 is 0 Å². The Hall–Kier alpha value is -2.23. The summed E-state index contributed by atoms with van der Waals surface area (Å²) in [7, 11) is 0. The minimum atomic E-state index is -0.766. The van der Waals surface area contributed by atoms with Gasteiger partial charge in [0.25, 0.3) is 0 Å². The quantitative estimate of drug-likeness (QED) is 0.606. The minimum absolute atomic E-state index is 0. The SMILES string of the molecule is CCOC(=O)[C@@H](N)CC#CCNC(=O)OCc1ccccc1.Cl. The van der Waals surface area contributed by atoms with E-state index in [4.69, 9.17) is 15.2 Å². The molecule has 0 heterocycles. The van der Waals surface area contributed by atoms with E-state index in [9.17, 15) is 9.59 Å². The van der Waals surface area contributed by atoms with Gasteiger partial charge in [-0.15, -0.1) is 12.4 Å². The normalized spacial score (nSPS) is 10.3. The zero-order valence-electron chi connectivity index (χ0n) is 12.9. The Bertz CT molecular complexity index is 540. The second-order valence-corrected chi connectivity index (χ2v) is 4.33. The van der Waals surface area contributed by atoms with Crippen LogP contribution in [-0.2, 0) is 20.9 Å². The summed E-state index contributed by atoms with van der Waals surface area (Å²) in [5, 5.41) is 2.49. The summed E-state index contributed by atoms with van der Waals surface area (Å²) < 4.78 is 9.76. The van der Waals surface area contributed by atoms with Gasteiger partial charge >= 0.3 is 12.1 Å². The number of alkyl carbamates (subject to hydrolysis) is 1. The first-order valence-electron chi connectivity index (χ1n) is 6.96. The van der Waals surface area contributed by atoms with Crippen LogP contribution < -0.4 is 11.1 Å². The third-order valence-electron chi connectivity index (χ3n) is 2.57. The number of carbonyl (C=O) groups is 2. The van der Waals surface area contributed by atoms with Crippen molar-refractivity contribution in [3.63, 3.8) is 0 Å². The summed E-state index contributed by atoms with van der Waals surface area (Å²) >= 11 is 0. The van der Waals surface area contributed by atoms with Crippen LogP contribution in [0.15, 0.2) is 30.3 Å². The van der Waals surface area contributed by atoms with Gasteiger partial charge in [-0.3, -0.25) is 4.79 Å². The van der Waals surface area contributed by atoms with Gasteiger partial charge in [-0.05, 0) is 12.5 Å². The van der Waals surface area contributed by atoms with Gasteiger partial charge < -0.3 is 20.5 Å². The summed E-state index contributed by atoms with van der Waals surface area (Å²) in [6.07, 6.45) is -0.368. The van der Waals surface area contributed by atoms with Gasteiger partial charge in [0.1, 0.15) is 12.6 Å². The van der Waals surface area contributed by atoms with Gasteiger partial charge in [0.2, 0.25) is 0 Å². The third-order valence-corrected chi connectivity index (χ3v) is 2.57. The molecule has 1 aromatic rings. The fraction of sp³-hybridized carbons (Fsp3) is 0.375. The van der Waals surface area contributed by atoms with Gasteiger partial charge in [-0.25, -0.2) is 4.79 Å². The number of ether oxygens (including phenoxy) is 2. The van der Waals surface area contributed by atoms with Crippen LogP contribution in [0, 0.1) is 11.8 Å². The van der Waals surface area contributed by atoms with Crippen molar-refractivity contribution in [1.29, 1.82) is 0 Å². The first-order valence-corrected chi connectivity index (χ1v) is 6.96. The standard InChI is InChI=1S/C16H20N2O4.ClH/c1-2-21-15(19)14(17)10-6-7-11-18-16(20)22-12-13-8-4-3-5-9-13;/h3-5,8-9,14H,2,10-12,17H2,1H3,(H,18,20);1H/t14-;/m0./s1. The Morgan fingerprint density at radius 2 is 1.91 bits per heavy atom. The van der Waals surface area contributed by atoms with Crippen LogP contribution >= 0.6 is 12.4 Å². The van der Waals surface area contributed by atoms with Crippen molar-refractivity contribution in [3.05, 3.63) is 35.9 Å². The van der Waals surface area contributed by atoms with Gasteiger partial charge in [-0.2, -0.15) is 0 Å². The summed E-state index contributed by atoms with van der Waals surface area (Å²) in [6, 6.07) is 8.59. The first-order chi connectivity index (χ1) is 10.6. The topological polar surface area (TPSA) is 90.6 Å². The molecule has 1 amide bonds. The zero-order valence-corrected chi connectivity index (χ0v) is 13.7. The van der Waals surface area contributed by atoms with E-state index in [1.165, 1.54) is 0 Å². The molecule has 0 saturated carbocycles. The lowest BCUT2D eigenvalue weighted by molar-refractivity contribution is -0.144. The van der Waals surface area contributed by atoms with Crippen molar-refractivity contribution < 1.29 is 19.1 Å². The average molecular weight is 341 g/mol. The molecule has 6 nitrogen and oxygen atoms in total. The maximum absolute atomic E-state index is 11.4. The highest BCUT2D eigenvalue weighted by Crippen LogP contribution is 2.00. The van der Waals surface area contributed by atoms with Crippen LogP contribution in [0.1, 0.15) is 18.9 Å². The number of nitrogens with one attached hydrogen (secondary N) is 1. The molecule has 0 aliphatic carbocycles. The van der Waals surface area contributed by atoms with E-state index in [-0.39, 0.29) is 38.6 Å². The fourth-order valence-corrected chi connectivity index (χ4v) is 1.47. The van der Waals surface area contributed by atoms with Crippen molar-refractivity contribution in [2.45, 2.75) is 26.0 Å². The van der Waals surface area contributed by atoms with E-state index in [1.807, 2.05) is 30.3 Å². The van der Waals surface area contributed by atoms with Crippen LogP contribution in [0.5, 0.6) is 0 Å². The Morgan fingerprint density at radius 1 is 1.22 bits per heavy atom. The van der Waals surface area contributed by atoms with Crippen molar-refractivity contribution in [2.75, 3.05) is 13.2 Å². The van der Waals surface area contributed by atoms with Crippen LogP contribution in [-0.4, -0.2) is 31.3 Å². The van der Waals surface area contributed by atoms with Gasteiger partial charge in [0.15, 0.2) is 0 Å². The molecule has 0 aliphatic rings. The molecule has 3 N–H and O–H groups in total. The number of benzene rings is 1. The maximum atomic E-state index is 11.4. The predicted octanol–water partition coefficient (Wildman–Crippen LogP) is 1.62. The van der Waals surface area contributed by atoms with Crippen LogP contribution in [0.3, 0.4) is 0 Å². The van der Waals surface area contributed by atoms with Crippen molar-refractivity contribution in [3.8, 4) is 11.8 Å². The molecule has 0 saturated heterocycles. The lowest BCUT2D eigenvalue weighted by atomic mass is 10.2. The largest absolute Gasteiger partial charge is 0.465 e. The summed E-state index contributed by atoms with van der Waals surface area (Å²) in [5.74, 6) is 4.92. The Balaban J connectivity index is 0.00000484. The van der Waals surface area contributed by atoms with Gasteiger partial charge in [0, 0.05) is 6.42 Å². The number of hydrogen-bond acceptors (Lipinski definition) is 5. The van der Waals surface area contributed by atoms with E-state index < -0.39 is 18.1 Å². The second-order valence-electron chi connectivity index (χ2n) is 4.33. The molecule has 0 aromatic heterocycles. The molecular weight excluding hydrogens is 320 g/mol. The molecular formula is C16H21ClN2O4. The van der Waals surface area contributed by atoms with E-state index in [1.54, 1.807) is 6.92 Å². The Morgan fingerprint density at radius 3 is 2.57 bits per heavy atom. The highest BCUT2D eigenvalue weighted by molar-refractivity contribution is 5.85. The highest BCUT2D eigenvalue weighted by atomic mass is 35.5. The number of hydrogen-bond donors (Lipinski definition) is 2. The molecule has 1 rings (SSSR count). The monoisotopic (exact) mass is 340 g/mol. The van der Waals surface area contributed by atoms with Crippen LogP contribution in [0.2, 0.25) is 0 Å². The molecule has 0 fully saturated rings. The number of rotatable bonds is 6.